The first-order valence-corrected chi connectivity index (χ1v) is 15.6. The summed E-state index contributed by atoms with van der Waals surface area (Å²) in [5.41, 5.74) is 3.10. The zero-order chi connectivity index (χ0) is 31.0. The number of nitrogens with zero attached hydrogens (tertiary/aromatic N) is 5. The molecule has 1 aromatic carbocycles. The van der Waals surface area contributed by atoms with Gasteiger partial charge in [-0.2, -0.15) is 0 Å². The average Bonchev–Trinajstić information content (AvgIpc) is 3.46. The van der Waals surface area contributed by atoms with E-state index in [1.54, 1.807) is 27.0 Å². The Labute approximate surface area is 258 Å². The molecule has 2 aromatic heterocycles. The molecule has 3 aliphatic rings. The Morgan fingerprint density at radius 3 is 2.59 bits per heavy atom. The van der Waals surface area contributed by atoms with Crippen molar-refractivity contribution in [1.29, 1.82) is 0 Å². The van der Waals surface area contributed by atoms with E-state index in [1.165, 1.54) is 5.56 Å². The zero-order valence-corrected chi connectivity index (χ0v) is 26.4. The second kappa shape index (κ2) is 12.5. The second-order valence-corrected chi connectivity index (χ2v) is 12.8. The summed E-state index contributed by atoms with van der Waals surface area (Å²) >= 11 is 0. The zero-order valence-electron chi connectivity index (χ0n) is 26.4. The lowest BCUT2D eigenvalue weighted by Gasteiger charge is -2.38. The first-order valence-electron chi connectivity index (χ1n) is 15.6. The minimum Gasteiger partial charge on any atom is -0.379 e. The van der Waals surface area contributed by atoms with Crippen LogP contribution in [-0.2, 0) is 28.1 Å². The third-order valence-corrected chi connectivity index (χ3v) is 9.22. The highest BCUT2D eigenvalue weighted by Crippen LogP contribution is 2.33. The number of benzene rings is 1. The smallest absolute Gasteiger partial charge is 0.272 e. The van der Waals surface area contributed by atoms with Crippen molar-refractivity contribution in [3.05, 3.63) is 58.0 Å². The molecule has 0 bridgehead atoms. The molecule has 1 N–H and O–H groups in total. The molecule has 3 aliphatic heterocycles. The Morgan fingerprint density at radius 1 is 1.09 bits per heavy atom. The Kier molecular flexibility index (Phi) is 8.72. The SMILES string of the molecule is COC1COCCC1NC1CCN(C(=O)c2nc(-c3cc(C)on3)nc(N3CCc4ccc(C(C)(C)F)cc4C3)c2C)CC1. The average molecular weight is 607 g/mol. The van der Waals surface area contributed by atoms with Gasteiger partial charge in [0, 0.05) is 63.6 Å². The van der Waals surface area contributed by atoms with Crippen molar-refractivity contribution >= 4 is 11.7 Å². The number of hydrogen-bond donors (Lipinski definition) is 1. The van der Waals surface area contributed by atoms with Gasteiger partial charge in [-0.15, -0.1) is 0 Å². The van der Waals surface area contributed by atoms with E-state index in [0.29, 0.717) is 66.6 Å². The van der Waals surface area contributed by atoms with Gasteiger partial charge in [-0.05, 0) is 70.1 Å². The third kappa shape index (κ3) is 6.36. The van der Waals surface area contributed by atoms with Gasteiger partial charge in [0.15, 0.2) is 11.5 Å². The van der Waals surface area contributed by atoms with Crippen LogP contribution in [0, 0.1) is 13.8 Å². The number of anilines is 1. The fourth-order valence-corrected chi connectivity index (χ4v) is 6.55. The van der Waals surface area contributed by atoms with Crippen molar-refractivity contribution in [2.45, 2.75) is 83.8 Å². The molecule has 2 atom stereocenters. The van der Waals surface area contributed by atoms with Crippen LogP contribution < -0.4 is 10.2 Å². The van der Waals surface area contributed by atoms with Gasteiger partial charge in [0.05, 0.1) is 12.7 Å². The molecule has 0 saturated carbocycles. The van der Waals surface area contributed by atoms with E-state index >= 15 is 0 Å². The summed E-state index contributed by atoms with van der Waals surface area (Å²) in [7, 11) is 1.73. The first-order chi connectivity index (χ1) is 21.1. The maximum atomic E-state index is 14.8. The minimum absolute atomic E-state index is 0.0425. The summed E-state index contributed by atoms with van der Waals surface area (Å²) in [5, 5.41) is 7.91. The molecular formula is C33H43FN6O4. The van der Waals surface area contributed by atoms with Gasteiger partial charge in [0.1, 0.15) is 22.9 Å². The molecule has 3 aromatic rings. The van der Waals surface area contributed by atoms with Crippen LogP contribution in [0.1, 0.15) is 71.6 Å². The Morgan fingerprint density at radius 2 is 1.89 bits per heavy atom. The molecular weight excluding hydrogens is 563 g/mol. The van der Waals surface area contributed by atoms with Gasteiger partial charge in [-0.3, -0.25) is 4.79 Å². The van der Waals surface area contributed by atoms with E-state index in [4.69, 9.17) is 24.0 Å². The van der Waals surface area contributed by atoms with Crippen LogP contribution in [0.4, 0.5) is 10.2 Å². The number of carbonyl (C=O) groups excluding carboxylic acids is 1. The molecule has 44 heavy (non-hydrogen) atoms. The lowest BCUT2D eigenvalue weighted by molar-refractivity contribution is -0.0533. The van der Waals surface area contributed by atoms with Gasteiger partial charge in [0.2, 0.25) is 0 Å². The number of likely N-dealkylation sites (tertiary alicyclic amines) is 1. The normalized spacial score (nSPS) is 21.4. The van der Waals surface area contributed by atoms with Crippen LogP contribution in [-0.4, -0.2) is 84.1 Å². The van der Waals surface area contributed by atoms with Crippen LogP contribution >= 0.6 is 0 Å². The number of fused-ring (bicyclic) bond motifs is 1. The summed E-state index contributed by atoms with van der Waals surface area (Å²) in [6.45, 7) is 10.8. The Balaban J connectivity index is 1.24. The molecule has 2 unspecified atom stereocenters. The van der Waals surface area contributed by atoms with Crippen molar-refractivity contribution < 1.29 is 23.2 Å². The predicted octanol–water partition coefficient (Wildman–Crippen LogP) is 4.51. The topological polar surface area (TPSA) is 106 Å². The molecule has 236 valence electrons. The highest BCUT2D eigenvalue weighted by Gasteiger charge is 2.33. The fourth-order valence-electron chi connectivity index (χ4n) is 6.55. The number of aryl methyl sites for hydroxylation is 1. The lowest BCUT2D eigenvalue weighted by Crippen LogP contribution is -2.54. The van der Waals surface area contributed by atoms with E-state index in [2.05, 4.69) is 15.4 Å². The van der Waals surface area contributed by atoms with Gasteiger partial charge in [-0.25, -0.2) is 14.4 Å². The van der Waals surface area contributed by atoms with E-state index < -0.39 is 5.67 Å². The number of piperidine rings is 1. The Hall–Kier alpha value is -3.41. The molecule has 11 heteroatoms. The van der Waals surface area contributed by atoms with Crippen LogP contribution in [0.5, 0.6) is 0 Å². The quantitative estimate of drug-likeness (QED) is 0.416. The number of carbonyl (C=O) groups is 1. The number of amides is 1. The van der Waals surface area contributed by atoms with E-state index in [-0.39, 0.29) is 18.1 Å². The number of nitrogens with one attached hydrogen (secondary N) is 1. The molecule has 0 radical (unpaired) electrons. The van der Waals surface area contributed by atoms with Gasteiger partial charge in [-0.1, -0.05) is 23.4 Å². The monoisotopic (exact) mass is 606 g/mol. The number of aromatic nitrogens is 3. The number of alkyl halides is 1. The summed E-state index contributed by atoms with van der Waals surface area (Å²) in [6.07, 6.45) is 3.45. The molecule has 2 fully saturated rings. The summed E-state index contributed by atoms with van der Waals surface area (Å²) < 4.78 is 31.3. The van der Waals surface area contributed by atoms with Crippen LogP contribution in [0.15, 0.2) is 28.8 Å². The molecule has 1 amide bonds. The summed E-state index contributed by atoms with van der Waals surface area (Å²) in [5.74, 6) is 1.58. The number of methoxy groups -OCH3 is 1. The Bertz CT molecular complexity index is 1500. The highest BCUT2D eigenvalue weighted by molar-refractivity contribution is 5.95. The van der Waals surface area contributed by atoms with Crippen molar-refractivity contribution in [2.75, 3.05) is 44.9 Å². The minimum atomic E-state index is -1.43. The predicted molar refractivity (Wildman–Crippen MR) is 164 cm³/mol. The largest absolute Gasteiger partial charge is 0.379 e. The van der Waals surface area contributed by atoms with Gasteiger partial charge >= 0.3 is 0 Å². The fraction of sp³-hybridized carbons (Fsp3) is 0.576. The summed E-state index contributed by atoms with van der Waals surface area (Å²) in [4.78, 5) is 27.8. The molecule has 0 aliphatic carbocycles. The number of halogens is 1. The number of hydrogen-bond acceptors (Lipinski definition) is 9. The van der Waals surface area contributed by atoms with E-state index in [9.17, 15) is 9.18 Å². The molecule has 5 heterocycles. The van der Waals surface area contributed by atoms with Gasteiger partial charge in [0.25, 0.3) is 5.91 Å². The highest BCUT2D eigenvalue weighted by atomic mass is 19.1. The molecule has 6 rings (SSSR count). The molecule has 0 spiro atoms. The summed E-state index contributed by atoms with van der Waals surface area (Å²) in [6, 6.07) is 8.21. The van der Waals surface area contributed by atoms with Crippen molar-refractivity contribution in [3.63, 3.8) is 0 Å². The maximum absolute atomic E-state index is 14.8. The van der Waals surface area contributed by atoms with E-state index in [0.717, 1.165) is 50.0 Å². The van der Waals surface area contributed by atoms with Crippen molar-refractivity contribution in [3.8, 4) is 11.5 Å². The first kappa shape index (κ1) is 30.6. The standard InChI is InChI=1S/C33H43FN6O4/c1-20-16-27(38-44-20)30-36-29(32(41)39-13-9-25(10-14-39)35-26-11-15-43-19-28(26)42-5)21(2)31(37-30)40-12-8-22-6-7-24(33(3,4)34)17-23(22)18-40/h6-7,16-17,25-26,28,35H,8-15,18-19H2,1-5H3. The lowest BCUT2D eigenvalue weighted by atomic mass is 9.92. The molecule has 10 nitrogen and oxygen atoms in total. The van der Waals surface area contributed by atoms with E-state index in [1.807, 2.05) is 36.9 Å². The van der Waals surface area contributed by atoms with Crippen LogP contribution in [0.25, 0.3) is 11.5 Å². The number of ether oxygens (including phenoxy) is 2. The molecule has 2 saturated heterocycles. The van der Waals surface area contributed by atoms with Gasteiger partial charge < -0.3 is 29.1 Å². The van der Waals surface area contributed by atoms with Crippen LogP contribution in [0.2, 0.25) is 0 Å². The van der Waals surface area contributed by atoms with Crippen molar-refractivity contribution in [1.82, 2.24) is 25.3 Å². The van der Waals surface area contributed by atoms with Crippen LogP contribution in [0.3, 0.4) is 0 Å². The van der Waals surface area contributed by atoms with Crippen molar-refractivity contribution in [2.24, 2.45) is 0 Å². The third-order valence-electron chi connectivity index (χ3n) is 9.22. The number of rotatable bonds is 7. The second-order valence-electron chi connectivity index (χ2n) is 12.8. The maximum Gasteiger partial charge on any atom is 0.272 e.